The monoisotopic (exact) mass is 269 g/mol. The minimum atomic E-state index is -0.0233. The third kappa shape index (κ3) is 3.26. The summed E-state index contributed by atoms with van der Waals surface area (Å²) in [5.41, 5.74) is 2.12. The molecule has 0 spiro atoms. The van der Waals surface area contributed by atoms with Gasteiger partial charge in [-0.25, -0.2) is 0 Å². The van der Waals surface area contributed by atoms with Crippen molar-refractivity contribution in [3.8, 4) is 0 Å². The smallest absolute Gasteiger partial charge is 0.239 e. The minimum absolute atomic E-state index is 0.0233. The number of nitrogens with zero attached hydrogens (tertiary/aromatic N) is 2. The van der Waals surface area contributed by atoms with Gasteiger partial charge in [-0.05, 0) is 25.3 Å². The van der Waals surface area contributed by atoms with E-state index in [-0.39, 0.29) is 23.4 Å². The van der Waals surface area contributed by atoms with E-state index in [1.165, 1.54) is 0 Å². The van der Waals surface area contributed by atoms with Crippen molar-refractivity contribution in [2.24, 2.45) is 10.4 Å². The van der Waals surface area contributed by atoms with E-state index in [0.29, 0.717) is 0 Å². The number of likely N-dealkylation sites (tertiary alicyclic amines) is 1. The highest BCUT2D eigenvalue weighted by atomic mass is 32.2. The molecule has 1 amide bonds. The highest BCUT2D eigenvalue weighted by Gasteiger charge is 2.35. The molecule has 1 saturated heterocycles. The molecule has 0 saturated carbocycles. The maximum absolute atomic E-state index is 12.5. The van der Waals surface area contributed by atoms with Gasteiger partial charge in [0.2, 0.25) is 5.91 Å². The summed E-state index contributed by atoms with van der Waals surface area (Å²) >= 11 is 1.74. The Morgan fingerprint density at radius 2 is 2.39 bits per heavy atom. The third-order valence-electron chi connectivity index (χ3n) is 3.75. The van der Waals surface area contributed by atoms with Gasteiger partial charge in [0.15, 0.2) is 0 Å². The van der Waals surface area contributed by atoms with E-state index in [4.69, 9.17) is 0 Å². The van der Waals surface area contributed by atoms with E-state index in [1.54, 1.807) is 11.8 Å². The standard InChI is InChI=1S/C13H23N3OS/c1-13(2)5-4-11(14-3)12(17)16(8-13)6-10-7-18-9-15-10/h9-11,14H,4-8H2,1-3H3. The Kier molecular flexibility index (Phi) is 4.33. The minimum Gasteiger partial charge on any atom is -0.339 e. The first-order chi connectivity index (χ1) is 8.52. The molecule has 2 unspecified atom stereocenters. The van der Waals surface area contributed by atoms with Gasteiger partial charge in [-0.15, -0.1) is 11.8 Å². The van der Waals surface area contributed by atoms with Crippen LogP contribution >= 0.6 is 11.8 Å². The molecular weight excluding hydrogens is 246 g/mol. The predicted molar refractivity (Wildman–Crippen MR) is 77.2 cm³/mol. The average Bonchev–Trinajstić information content (AvgIpc) is 2.77. The second-order valence-corrected chi connectivity index (χ2v) is 6.88. The van der Waals surface area contributed by atoms with E-state index in [1.807, 2.05) is 17.5 Å². The van der Waals surface area contributed by atoms with Crippen molar-refractivity contribution >= 4 is 23.2 Å². The van der Waals surface area contributed by atoms with Crippen LogP contribution in [-0.4, -0.2) is 54.3 Å². The normalized spacial score (nSPS) is 31.7. The van der Waals surface area contributed by atoms with Crippen LogP contribution in [0.1, 0.15) is 26.7 Å². The number of hydrogen-bond acceptors (Lipinski definition) is 4. The van der Waals surface area contributed by atoms with Crippen molar-refractivity contribution in [1.82, 2.24) is 10.2 Å². The summed E-state index contributed by atoms with van der Waals surface area (Å²) in [6, 6.07) is 0.259. The molecule has 2 atom stereocenters. The van der Waals surface area contributed by atoms with Gasteiger partial charge in [0.25, 0.3) is 0 Å². The second-order valence-electron chi connectivity index (χ2n) is 6.00. The van der Waals surface area contributed by atoms with E-state index in [9.17, 15) is 4.79 Å². The fraction of sp³-hybridized carbons (Fsp3) is 0.846. The van der Waals surface area contributed by atoms with E-state index in [0.717, 1.165) is 31.7 Å². The molecule has 2 aliphatic rings. The third-order valence-corrected chi connectivity index (χ3v) is 4.60. The number of nitrogens with one attached hydrogen (secondary N) is 1. The van der Waals surface area contributed by atoms with Gasteiger partial charge < -0.3 is 10.2 Å². The van der Waals surface area contributed by atoms with Crippen molar-refractivity contribution < 1.29 is 4.79 Å². The molecule has 4 nitrogen and oxygen atoms in total. The molecule has 102 valence electrons. The molecule has 18 heavy (non-hydrogen) atoms. The van der Waals surface area contributed by atoms with Gasteiger partial charge in [-0.2, -0.15) is 0 Å². The van der Waals surface area contributed by atoms with Gasteiger partial charge in [0, 0.05) is 18.8 Å². The fourth-order valence-electron chi connectivity index (χ4n) is 2.66. The van der Waals surface area contributed by atoms with E-state index >= 15 is 0 Å². The lowest BCUT2D eigenvalue weighted by atomic mass is 9.87. The highest BCUT2D eigenvalue weighted by Crippen LogP contribution is 2.29. The van der Waals surface area contributed by atoms with Crippen LogP contribution in [0.5, 0.6) is 0 Å². The van der Waals surface area contributed by atoms with Crippen LogP contribution in [0.4, 0.5) is 0 Å². The molecule has 0 aromatic heterocycles. The van der Waals surface area contributed by atoms with Gasteiger partial charge in [-0.3, -0.25) is 9.79 Å². The Hall–Kier alpha value is -0.550. The molecule has 0 radical (unpaired) electrons. The van der Waals surface area contributed by atoms with Crippen LogP contribution in [-0.2, 0) is 4.79 Å². The number of hydrogen-bond donors (Lipinski definition) is 1. The average molecular weight is 269 g/mol. The number of amides is 1. The zero-order chi connectivity index (χ0) is 13.2. The highest BCUT2D eigenvalue weighted by molar-refractivity contribution is 8.12. The first-order valence-corrected chi connectivity index (χ1v) is 7.66. The predicted octanol–water partition coefficient (Wildman–Crippen LogP) is 1.37. The van der Waals surface area contributed by atoms with E-state index in [2.05, 4.69) is 24.2 Å². The lowest BCUT2D eigenvalue weighted by molar-refractivity contribution is -0.133. The number of carbonyl (C=O) groups excluding carboxylic acids is 1. The Morgan fingerprint density at radius 3 is 3.00 bits per heavy atom. The molecule has 2 aliphatic heterocycles. The van der Waals surface area contributed by atoms with Crippen molar-refractivity contribution in [2.75, 3.05) is 25.9 Å². The zero-order valence-electron chi connectivity index (χ0n) is 11.5. The first-order valence-electron chi connectivity index (χ1n) is 6.61. The Bertz CT molecular complexity index is 343. The number of thioether (sulfide) groups is 1. The van der Waals surface area contributed by atoms with Crippen LogP contribution in [0.2, 0.25) is 0 Å². The number of likely N-dealkylation sites (N-methyl/N-ethyl adjacent to an activating group) is 1. The van der Waals surface area contributed by atoms with Crippen LogP contribution in [0.15, 0.2) is 4.99 Å². The molecule has 1 fully saturated rings. The van der Waals surface area contributed by atoms with E-state index < -0.39 is 0 Å². The second kappa shape index (κ2) is 5.61. The molecular formula is C13H23N3OS. The molecule has 0 aliphatic carbocycles. The SMILES string of the molecule is CNC1CCC(C)(C)CN(CC2CSC=N2)C1=O. The summed E-state index contributed by atoms with van der Waals surface area (Å²) in [4.78, 5) is 18.9. The summed E-state index contributed by atoms with van der Waals surface area (Å²) in [7, 11) is 1.88. The summed E-state index contributed by atoms with van der Waals surface area (Å²) in [5, 5.41) is 3.15. The number of aliphatic imine (C=N–C) groups is 1. The molecule has 0 bridgehead atoms. The van der Waals surface area contributed by atoms with Gasteiger partial charge in [-0.1, -0.05) is 13.8 Å². The van der Waals surface area contributed by atoms with Gasteiger partial charge in [0.1, 0.15) is 0 Å². The maximum Gasteiger partial charge on any atom is 0.239 e. The molecule has 0 aromatic rings. The topological polar surface area (TPSA) is 44.7 Å². The van der Waals surface area contributed by atoms with Crippen LogP contribution < -0.4 is 5.32 Å². The fourth-order valence-corrected chi connectivity index (χ4v) is 3.41. The molecule has 2 heterocycles. The Labute approximate surface area is 114 Å². The number of carbonyl (C=O) groups is 1. The summed E-state index contributed by atoms with van der Waals surface area (Å²) in [5.74, 6) is 1.25. The number of rotatable bonds is 3. The quantitative estimate of drug-likeness (QED) is 0.841. The van der Waals surface area contributed by atoms with Gasteiger partial charge >= 0.3 is 0 Å². The molecule has 1 N–H and O–H groups in total. The summed E-state index contributed by atoms with van der Waals surface area (Å²) in [6.45, 7) is 6.11. The van der Waals surface area contributed by atoms with Crippen LogP contribution in [0.3, 0.4) is 0 Å². The molecule has 0 aromatic carbocycles. The van der Waals surface area contributed by atoms with Crippen molar-refractivity contribution in [1.29, 1.82) is 0 Å². The largest absolute Gasteiger partial charge is 0.339 e. The van der Waals surface area contributed by atoms with Crippen LogP contribution in [0.25, 0.3) is 0 Å². The lowest BCUT2D eigenvalue weighted by Gasteiger charge is -2.31. The first kappa shape index (κ1) is 13.9. The Balaban J connectivity index is 2.07. The summed E-state index contributed by atoms with van der Waals surface area (Å²) < 4.78 is 0. The molecule has 5 heteroatoms. The Morgan fingerprint density at radius 1 is 1.61 bits per heavy atom. The van der Waals surface area contributed by atoms with Crippen molar-refractivity contribution in [3.63, 3.8) is 0 Å². The molecule has 2 rings (SSSR count). The van der Waals surface area contributed by atoms with Crippen molar-refractivity contribution in [2.45, 2.75) is 38.8 Å². The van der Waals surface area contributed by atoms with Crippen LogP contribution in [0, 0.1) is 5.41 Å². The van der Waals surface area contributed by atoms with Crippen molar-refractivity contribution in [3.05, 3.63) is 0 Å². The van der Waals surface area contributed by atoms with Gasteiger partial charge in [0.05, 0.1) is 17.6 Å². The lowest BCUT2D eigenvalue weighted by Crippen LogP contribution is -2.47. The zero-order valence-corrected chi connectivity index (χ0v) is 12.3. The maximum atomic E-state index is 12.5. The summed E-state index contributed by atoms with van der Waals surface area (Å²) in [6.07, 6.45) is 2.02.